The number of carbonyl (C=O) groups is 1. The van der Waals surface area contributed by atoms with Gasteiger partial charge >= 0.3 is 5.97 Å². The number of carboxylic acids is 1. The largest absolute Gasteiger partial charge is 0.481 e. The first-order valence-electron chi connectivity index (χ1n) is 6.15. The van der Waals surface area contributed by atoms with Gasteiger partial charge in [0.1, 0.15) is 0 Å². The number of carboxylic acid groups (broad SMARTS) is 1. The minimum Gasteiger partial charge on any atom is -0.481 e. The molecule has 0 aromatic heterocycles. The Morgan fingerprint density at radius 3 is 2.81 bits per heavy atom. The molecule has 1 saturated heterocycles. The molecule has 0 radical (unpaired) electrons. The first-order chi connectivity index (χ1) is 7.66. The van der Waals surface area contributed by atoms with Crippen LogP contribution in [0.2, 0.25) is 0 Å². The second-order valence-corrected chi connectivity index (χ2v) is 4.55. The molecule has 0 aromatic carbocycles. The van der Waals surface area contributed by atoms with Crippen LogP contribution in [0.15, 0.2) is 0 Å². The lowest BCUT2D eigenvalue weighted by Crippen LogP contribution is -2.38. The number of aliphatic hydroxyl groups is 1. The SMILES string of the molecule is CCCCC(C(=O)O)C(O)C1CCCOC1. The van der Waals surface area contributed by atoms with Gasteiger partial charge in [-0.3, -0.25) is 4.79 Å². The standard InChI is InChI=1S/C12H22O4/c1-2-3-6-10(12(14)15)11(13)9-5-4-7-16-8-9/h9-11,13H,2-8H2,1H3,(H,14,15). The van der Waals surface area contributed by atoms with Crippen LogP contribution in [0, 0.1) is 11.8 Å². The molecule has 0 spiro atoms. The van der Waals surface area contributed by atoms with E-state index in [1.165, 1.54) is 0 Å². The van der Waals surface area contributed by atoms with Gasteiger partial charge in [0.05, 0.1) is 18.6 Å². The molecule has 1 rings (SSSR count). The van der Waals surface area contributed by atoms with Crippen LogP contribution in [0.4, 0.5) is 0 Å². The summed E-state index contributed by atoms with van der Waals surface area (Å²) in [6.07, 6.45) is 3.39. The number of ether oxygens (including phenoxy) is 1. The highest BCUT2D eigenvalue weighted by molar-refractivity contribution is 5.70. The third-order valence-corrected chi connectivity index (χ3v) is 3.28. The van der Waals surface area contributed by atoms with Gasteiger partial charge in [0.2, 0.25) is 0 Å². The Hall–Kier alpha value is -0.610. The highest BCUT2D eigenvalue weighted by Gasteiger charge is 2.33. The lowest BCUT2D eigenvalue weighted by atomic mass is 9.84. The lowest BCUT2D eigenvalue weighted by molar-refractivity contribution is -0.149. The van der Waals surface area contributed by atoms with Gasteiger partial charge in [0, 0.05) is 12.5 Å². The zero-order chi connectivity index (χ0) is 12.0. The van der Waals surface area contributed by atoms with Crippen LogP contribution in [0.5, 0.6) is 0 Å². The highest BCUT2D eigenvalue weighted by Crippen LogP contribution is 2.25. The molecular formula is C12H22O4. The van der Waals surface area contributed by atoms with Gasteiger partial charge in [0.25, 0.3) is 0 Å². The predicted molar refractivity (Wildman–Crippen MR) is 60.2 cm³/mol. The van der Waals surface area contributed by atoms with Crippen LogP contribution >= 0.6 is 0 Å². The van der Waals surface area contributed by atoms with Crippen molar-refractivity contribution in [3.63, 3.8) is 0 Å². The number of aliphatic carboxylic acids is 1. The lowest BCUT2D eigenvalue weighted by Gasteiger charge is -2.30. The fourth-order valence-corrected chi connectivity index (χ4v) is 2.23. The maximum absolute atomic E-state index is 11.1. The van der Waals surface area contributed by atoms with E-state index in [9.17, 15) is 9.90 Å². The molecule has 94 valence electrons. The van der Waals surface area contributed by atoms with Gasteiger partial charge in [-0.25, -0.2) is 0 Å². The number of aliphatic hydroxyl groups excluding tert-OH is 1. The summed E-state index contributed by atoms with van der Waals surface area (Å²) in [7, 11) is 0. The average molecular weight is 230 g/mol. The van der Waals surface area contributed by atoms with Gasteiger partial charge < -0.3 is 14.9 Å². The number of hydrogen-bond donors (Lipinski definition) is 2. The molecule has 1 fully saturated rings. The minimum atomic E-state index is -0.883. The van der Waals surface area contributed by atoms with E-state index in [2.05, 4.69) is 0 Å². The van der Waals surface area contributed by atoms with Gasteiger partial charge in [-0.05, 0) is 19.3 Å². The fourth-order valence-electron chi connectivity index (χ4n) is 2.23. The molecule has 0 aliphatic carbocycles. The maximum Gasteiger partial charge on any atom is 0.309 e. The Morgan fingerprint density at radius 2 is 2.31 bits per heavy atom. The third kappa shape index (κ3) is 3.76. The first kappa shape index (κ1) is 13.5. The monoisotopic (exact) mass is 230 g/mol. The molecule has 0 bridgehead atoms. The normalized spacial score (nSPS) is 25.0. The van der Waals surface area contributed by atoms with E-state index in [1.54, 1.807) is 0 Å². The zero-order valence-corrected chi connectivity index (χ0v) is 9.89. The number of unbranched alkanes of at least 4 members (excludes halogenated alkanes) is 1. The molecule has 4 nitrogen and oxygen atoms in total. The molecule has 4 heteroatoms. The van der Waals surface area contributed by atoms with Gasteiger partial charge in [-0.2, -0.15) is 0 Å². The van der Waals surface area contributed by atoms with Crippen molar-refractivity contribution in [3.05, 3.63) is 0 Å². The topological polar surface area (TPSA) is 66.8 Å². The summed E-state index contributed by atoms with van der Waals surface area (Å²) in [5.74, 6) is -1.52. The van der Waals surface area contributed by atoms with E-state index in [0.717, 1.165) is 32.3 Å². The van der Waals surface area contributed by atoms with Crippen molar-refractivity contribution in [2.75, 3.05) is 13.2 Å². The first-order valence-corrected chi connectivity index (χ1v) is 6.15. The van der Waals surface area contributed by atoms with Crippen molar-refractivity contribution in [1.29, 1.82) is 0 Å². The van der Waals surface area contributed by atoms with Gasteiger partial charge in [-0.15, -0.1) is 0 Å². The molecule has 3 unspecified atom stereocenters. The molecular weight excluding hydrogens is 208 g/mol. The van der Waals surface area contributed by atoms with Crippen LogP contribution in [0.25, 0.3) is 0 Å². The van der Waals surface area contributed by atoms with Crippen LogP contribution in [-0.4, -0.2) is 35.5 Å². The van der Waals surface area contributed by atoms with Crippen molar-refractivity contribution in [2.24, 2.45) is 11.8 Å². The second kappa shape index (κ2) is 6.86. The summed E-state index contributed by atoms with van der Waals surface area (Å²) in [6.45, 7) is 3.25. The Labute approximate surface area is 96.6 Å². The van der Waals surface area contributed by atoms with Crippen molar-refractivity contribution in [3.8, 4) is 0 Å². The van der Waals surface area contributed by atoms with Crippen LogP contribution < -0.4 is 0 Å². The second-order valence-electron chi connectivity index (χ2n) is 4.55. The van der Waals surface area contributed by atoms with E-state index in [0.29, 0.717) is 13.0 Å². The molecule has 16 heavy (non-hydrogen) atoms. The van der Waals surface area contributed by atoms with Crippen LogP contribution in [0.3, 0.4) is 0 Å². The van der Waals surface area contributed by atoms with E-state index < -0.39 is 18.0 Å². The Morgan fingerprint density at radius 1 is 1.56 bits per heavy atom. The molecule has 3 atom stereocenters. The average Bonchev–Trinajstić information content (AvgIpc) is 2.30. The van der Waals surface area contributed by atoms with Crippen molar-refractivity contribution >= 4 is 5.97 Å². The van der Waals surface area contributed by atoms with Crippen LogP contribution in [0.1, 0.15) is 39.0 Å². The predicted octanol–water partition coefficient (Wildman–Crippen LogP) is 1.66. The molecule has 2 N–H and O–H groups in total. The quantitative estimate of drug-likeness (QED) is 0.728. The minimum absolute atomic E-state index is 0.00768. The van der Waals surface area contributed by atoms with Crippen molar-refractivity contribution in [1.82, 2.24) is 0 Å². The molecule has 0 aromatic rings. The summed E-state index contributed by atoms with van der Waals surface area (Å²) in [5.41, 5.74) is 0. The molecule has 1 aliphatic heterocycles. The Balaban J connectivity index is 2.50. The summed E-state index contributed by atoms with van der Waals surface area (Å²) < 4.78 is 5.28. The van der Waals surface area contributed by atoms with Gasteiger partial charge in [0.15, 0.2) is 0 Å². The maximum atomic E-state index is 11.1. The van der Waals surface area contributed by atoms with Crippen LogP contribution in [-0.2, 0) is 9.53 Å². The Bertz CT molecular complexity index is 211. The Kier molecular flexibility index (Phi) is 5.77. The third-order valence-electron chi connectivity index (χ3n) is 3.28. The smallest absolute Gasteiger partial charge is 0.309 e. The van der Waals surface area contributed by atoms with E-state index in [4.69, 9.17) is 9.84 Å². The van der Waals surface area contributed by atoms with Crippen molar-refractivity contribution in [2.45, 2.75) is 45.1 Å². The number of hydrogen-bond acceptors (Lipinski definition) is 3. The molecule has 0 saturated carbocycles. The summed E-state index contributed by atoms with van der Waals surface area (Å²) in [6, 6.07) is 0. The number of rotatable bonds is 6. The molecule has 1 aliphatic rings. The van der Waals surface area contributed by atoms with E-state index >= 15 is 0 Å². The fraction of sp³-hybridized carbons (Fsp3) is 0.917. The zero-order valence-electron chi connectivity index (χ0n) is 9.89. The molecule has 0 amide bonds. The molecule has 1 heterocycles. The summed E-state index contributed by atoms with van der Waals surface area (Å²) in [5, 5.41) is 19.2. The van der Waals surface area contributed by atoms with Gasteiger partial charge in [-0.1, -0.05) is 19.8 Å². The van der Waals surface area contributed by atoms with Crippen molar-refractivity contribution < 1.29 is 19.7 Å². The highest BCUT2D eigenvalue weighted by atomic mass is 16.5. The summed E-state index contributed by atoms with van der Waals surface area (Å²) >= 11 is 0. The van der Waals surface area contributed by atoms with E-state index in [-0.39, 0.29) is 5.92 Å². The van der Waals surface area contributed by atoms with E-state index in [1.807, 2.05) is 6.92 Å². The summed E-state index contributed by atoms with van der Waals surface area (Å²) in [4.78, 5) is 11.1.